The van der Waals surface area contributed by atoms with E-state index in [4.69, 9.17) is 10.7 Å². The van der Waals surface area contributed by atoms with Gasteiger partial charge in [0.1, 0.15) is 5.82 Å². The number of nitrogen functional groups attached to an aromatic ring is 1. The molecule has 20 heavy (non-hydrogen) atoms. The monoisotopic (exact) mass is 347 g/mol. The zero-order valence-electron chi connectivity index (χ0n) is 10.8. The molecule has 3 nitrogen and oxygen atoms in total. The van der Waals surface area contributed by atoms with Gasteiger partial charge in [0, 0.05) is 16.5 Å². The molecule has 0 amide bonds. The summed E-state index contributed by atoms with van der Waals surface area (Å²) in [6.45, 7) is 0.891. The fourth-order valence-electron chi connectivity index (χ4n) is 2.58. The summed E-state index contributed by atoms with van der Waals surface area (Å²) in [5.74, 6) is 1.85. The maximum Gasteiger partial charge on any atom is 0.113 e. The van der Waals surface area contributed by atoms with Crippen LogP contribution in [0.1, 0.15) is 29.5 Å². The number of nitrogens with zero attached hydrogens (tertiary/aromatic N) is 2. The predicted molar refractivity (Wildman–Crippen MR) is 87.2 cm³/mol. The highest BCUT2D eigenvalue weighted by Crippen LogP contribution is 2.41. The second kappa shape index (κ2) is 4.60. The molecule has 1 aromatic carbocycles. The minimum atomic E-state index is 0.632. The van der Waals surface area contributed by atoms with Crippen LogP contribution in [0.25, 0.3) is 11.0 Å². The number of anilines is 1. The Balaban J connectivity index is 1.84. The van der Waals surface area contributed by atoms with Gasteiger partial charge in [0.25, 0.3) is 0 Å². The third-order valence-corrected chi connectivity index (χ3v) is 5.30. The van der Waals surface area contributed by atoms with Crippen LogP contribution in [0.5, 0.6) is 0 Å². The summed E-state index contributed by atoms with van der Waals surface area (Å²) in [5.41, 5.74) is 8.86. The Hall–Kier alpha value is -1.33. The molecule has 4 rings (SSSR count). The minimum absolute atomic E-state index is 0.632. The van der Waals surface area contributed by atoms with Gasteiger partial charge in [-0.3, -0.25) is 0 Å². The quantitative estimate of drug-likeness (QED) is 0.715. The van der Waals surface area contributed by atoms with Crippen molar-refractivity contribution in [2.75, 3.05) is 5.73 Å². The molecule has 2 aromatic heterocycles. The Morgan fingerprint density at radius 3 is 2.85 bits per heavy atom. The molecule has 0 aliphatic heterocycles. The molecule has 1 saturated carbocycles. The molecule has 0 spiro atoms. The fourth-order valence-corrected chi connectivity index (χ4v) is 4.05. The third-order valence-electron chi connectivity index (χ3n) is 3.69. The number of halogens is 1. The lowest BCUT2D eigenvalue weighted by Crippen LogP contribution is -2.02. The molecule has 5 heteroatoms. The van der Waals surface area contributed by atoms with Crippen molar-refractivity contribution < 1.29 is 0 Å². The van der Waals surface area contributed by atoms with Crippen molar-refractivity contribution in [1.82, 2.24) is 9.55 Å². The molecule has 0 radical (unpaired) electrons. The first-order chi connectivity index (χ1) is 9.70. The maximum absolute atomic E-state index is 5.88. The lowest BCUT2D eigenvalue weighted by molar-refractivity contribution is 0.755. The fraction of sp³-hybridized carbons (Fsp3) is 0.267. The number of nitrogens with two attached hydrogens (primary N) is 1. The molecule has 0 atom stereocenters. The van der Waals surface area contributed by atoms with Gasteiger partial charge in [-0.05, 0) is 59.1 Å². The first kappa shape index (κ1) is 12.4. The van der Waals surface area contributed by atoms with Gasteiger partial charge in [0.05, 0.1) is 21.4 Å². The van der Waals surface area contributed by atoms with Crippen molar-refractivity contribution in [3.63, 3.8) is 0 Å². The van der Waals surface area contributed by atoms with E-state index in [2.05, 4.69) is 38.7 Å². The highest BCUT2D eigenvalue weighted by Gasteiger charge is 2.29. The number of hydrogen-bond acceptors (Lipinski definition) is 3. The van der Waals surface area contributed by atoms with Crippen LogP contribution in [0.4, 0.5) is 5.69 Å². The van der Waals surface area contributed by atoms with Crippen LogP contribution in [0.2, 0.25) is 0 Å². The highest BCUT2D eigenvalue weighted by molar-refractivity contribution is 9.11. The largest absolute Gasteiger partial charge is 0.399 e. The van der Waals surface area contributed by atoms with Gasteiger partial charge in [-0.15, -0.1) is 11.3 Å². The van der Waals surface area contributed by atoms with Crippen molar-refractivity contribution in [1.29, 1.82) is 0 Å². The van der Waals surface area contributed by atoms with Gasteiger partial charge in [-0.25, -0.2) is 4.98 Å². The first-order valence-corrected chi connectivity index (χ1v) is 8.31. The van der Waals surface area contributed by atoms with E-state index in [0.29, 0.717) is 5.92 Å². The smallest absolute Gasteiger partial charge is 0.113 e. The summed E-state index contributed by atoms with van der Waals surface area (Å²) in [4.78, 5) is 6.16. The summed E-state index contributed by atoms with van der Waals surface area (Å²) >= 11 is 5.31. The van der Waals surface area contributed by atoms with Crippen LogP contribution in [-0.2, 0) is 6.54 Å². The van der Waals surface area contributed by atoms with Crippen LogP contribution >= 0.6 is 27.3 Å². The number of imidazole rings is 1. The van der Waals surface area contributed by atoms with Crippen LogP contribution in [0.15, 0.2) is 34.1 Å². The summed E-state index contributed by atoms with van der Waals surface area (Å²) in [5, 5.41) is 0. The van der Waals surface area contributed by atoms with E-state index in [9.17, 15) is 0 Å². The third kappa shape index (κ3) is 2.15. The van der Waals surface area contributed by atoms with Gasteiger partial charge in [0.2, 0.25) is 0 Å². The van der Waals surface area contributed by atoms with Crippen LogP contribution in [0, 0.1) is 0 Å². The average molecular weight is 348 g/mol. The lowest BCUT2D eigenvalue weighted by atomic mass is 10.3. The number of thiophene rings is 1. The van der Waals surface area contributed by atoms with Crippen molar-refractivity contribution >= 4 is 44.0 Å². The van der Waals surface area contributed by atoms with E-state index in [1.807, 2.05) is 12.1 Å². The van der Waals surface area contributed by atoms with Crippen LogP contribution in [-0.4, -0.2) is 9.55 Å². The Morgan fingerprint density at radius 2 is 2.15 bits per heavy atom. The minimum Gasteiger partial charge on any atom is -0.399 e. The number of fused-ring (bicyclic) bond motifs is 1. The van der Waals surface area contributed by atoms with E-state index < -0.39 is 0 Å². The van der Waals surface area contributed by atoms with Crippen molar-refractivity contribution in [2.24, 2.45) is 0 Å². The second-order valence-electron chi connectivity index (χ2n) is 5.28. The molecule has 0 bridgehead atoms. The Labute approximate surface area is 129 Å². The highest BCUT2D eigenvalue weighted by atomic mass is 79.9. The van der Waals surface area contributed by atoms with Gasteiger partial charge >= 0.3 is 0 Å². The van der Waals surface area contributed by atoms with Gasteiger partial charge < -0.3 is 10.3 Å². The predicted octanol–water partition coefficient (Wildman–Crippen LogP) is 4.37. The van der Waals surface area contributed by atoms with E-state index in [-0.39, 0.29) is 0 Å². The number of benzene rings is 1. The molecule has 102 valence electrons. The maximum atomic E-state index is 5.88. The molecule has 1 fully saturated rings. The summed E-state index contributed by atoms with van der Waals surface area (Å²) in [6.07, 6.45) is 2.51. The van der Waals surface area contributed by atoms with E-state index in [0.717, 1.165) is 17.7 Å². The standard InChI is InChI=1S/C15H14BrN3S/c16-14-6-4-11(20-14)8-19-13-5-3-10(17)7-12(13)18-15(19)9-1-2-9/h3-7,9H,1-2,8,17H2. The number of aromatic nitrogens is 2. The van der Waals surface area contributed by atoms with Crippen LogP contribution in [0.3, 0.4) is 0 Å². The zero-order chi connectivity index (χ0) is 13.7. The molecular weight excluding hydrogens is 334 g/mol. The van der Waals surface area contributed by atoms with E-state index >= 15 is 0 Å². The van der Waals surface area contributed by atoms with Gasteiger partial charge in [-0.1, -0.05) is 0 Å². The van der Waals surface area contributed by atoms with Crippen LogP contribution < -0.4 is 5.73 Å². The van der Waals surface area contributed by atoms with Crippen molar-refractivity contribution in [3.8, 4) is 0 Å². The zero-order valence-corrected chi connectivity index (χ0v) is 13.2. The van der Waals surface area contributed by atoms with Gasteiger partial charge in [0.15, 0.2) is 0 Å². The topological polar surface area (TPSA) is 43.8 Å². The normalized spacial score (nSPS) is 15.1. The molecule has 2 N–H and O–H groups in total. The molecule has 1 aliphatic rings. The van der Waals surface area contributed by atoms with Crippen molar-refractivity contribution in [2.45, 2.75) is 25.3 Å². The number of hydrogen-bond donors (Lipinski definition) is 1. The van der Waals surface area contributed by atoms with E-state index in [1.54, 1.807) is 11.3 Å². The SMILES string of the molecule is Nc1ccc2c(c1)nc(C1CC1)n2Cc1ccc(Br)s1. The Bertz CT molecular complexity index is 786. The Kier molecular flexibility index (Phi) is 2.86. The molecular formula is C15H14BrN3S. The molecule has 1 aliphatic carbocycles. The average Bonchev–Trinajstić information content (AvgIpc) is 3.10. The first-order valence-electron chi connectivity index (χ1n) is 6.70. The molecule has 2 heterocycles. The number of rotatable bonds is 3. The van der Waals surface area contributed by atoms with Gasteiger partial charge in [-0.2, -0.15) is 0 Å². The molecule has 3 aromatic rings. The Morgan fingerprint density at radius 1 is 1.30 bits per heavy atom. The second-order valence-corrected chi connectivity index (χ2v) is 7.83. The van der Waals surface area contributed by atoms with Crippen molar-refractivity contribution in [3.05, 3.63) is 44.8 Å². The summed E-state index contributed by atoms with van der Waals surface area (Å²) in [7, 11) is 0. The summed E-state index contributed by atoms with van der Waals surface area (Å²) in [6, 6.07) is 10.3. The van der Waals surface area contributed by atoms with E-state index in [1.165, 1.54) is 32.8 Å². The molecule has 0 unspecified atom stereocenters. The lowest BCUT2D eigenvalue weighted by Gasteiger charge is -2.07. The molecule has 0 saturated heterocycles. The summed E-state index contributed by atoms with van der Waals surface area (Å²) < 4.78 is 3.53.